The molecule has 0 saturated carbocycles. The van der Waals surface area contributed by atoms with E-state index in [-0.39, 0.29) is 0 Å². The van der Waals surface area contributed by atoms with Crippen molar-refractivity contribution in [2.75, 3.05) is 27.2 Å². The highest BCUT2D eigenvalue weighted by atomic mass is 16.9. The molecule has 0 aliphatic carbocycles. The second-order valence-corrected chi connectivity index (χ2v) is 2.00. The van der Waals surface area contributed by atoms with Crippen molar-refractivity contribution in [2.45, 2.75) is 0 Å². The molecule has 0 bridgehead atoms. The molecule has 0 aliphatic heterocycles. The molecule has 11 heavy (non-hydrogen) atoms. The highest BCUT2D eigenvalue weighted by molar-refractivity contribution is 4.41. The van der Waals surface area contributed by atoms with Crippen molar-refractivity contribution in [3.63, 3.8) is 0 Å². The van der Waals surface area contributed by atoms with Gasteiger partial charge in [-0.1, -0.05) is 0 Å². The lowest BCUT2D eigenvalue weighted by Crippen LogP contribution is -2.30. The fourth-order valence-corrected chi connectivity index (χ4v) is 0.288. The van der Waals surface area contributed by atoms with E-state index in [0.717, 1.165) is 13.1 Å². The zero-order valence-corrected chi connectivity index (χ0v) is 6.65. The molecule has 0 aromatic heterocycles. The van der Waals surface area contributed by atoms with Crippen molar-refractivity contribution in [1.29, 1.82) is 0 Å². The minimum absolute atomic E-state index is 0.854. The van der Waals surface area contributed by atoms with Gasteiger partial charge in [0.05, 0.1) is 0 Å². The summed E-state index contributed by atoms with van der Waals surface area (Å²) in [6.45, 7) is 1.85. The van der Waals surface area contributed by atoms with Gasteiger partial charge < -0.3 is 10.1 Å². The Hall–Kier alpha value is -0.920. The molecule has 0 aromatic carbocycles. The maximum Gasteiger partial charge on any atom is 0.291 e. The predicted octanol–water partition coefficient (Wildman–Crippen LogP) is -1.34. The van der Waals surface area contributed by atoms with E-state index >= 15 is 0 Å². The first-order chi connectivity index (χ1) is 5.00. The molecular formula is C4H14N4O3. The first kappa shape index (κ1) is 12.7. The minimum Gasteiger partial charge on any atom is -0.328 e. The second kappa shape index (κ2) is 9.08. The summed E-state index contributed by atoms with van der Waals surface area (Å²) in [5, 5.41) is 13.6. The van der Waals surface area contributed by atoms with Crippen LogP contribution in [0.1, 0.15) is 0 Å². The molecule has 0 fully saturated rings. The molecule has 68 valence electrons. The topological polar surface area (TPSA) is 105 Å². The van der Waals surface area contributed by atoms with Crippen LogP contribution in [0.15, 0.2) is 0 Å². The van der Waals surface area contributed by atoms with Gasteiger partial charge in [-0.3, -0.25) is 11.3 Å². The summed E-state index contributed by atoms with van der Waals surface area (Å²) in [7, 11) is 4.02. The number of hydrogen-bond donors (Lipinski definition) is 3. The summed E-state index contributed by atoms with van der Waals surface area (Å²) in [5.74, 6) is 5.00. The van der Waals surface area contributed by atoms with Gasteiger partial charge in [0.1, 0.15) is 0 Å². The Labute approximate surface area is 64.9 Å². The number of likely N-dealkylation sites (N-methyl/N-ethyl adjacent to an activating group) is 1. The van der Waals surface area contributed by atoms with Crippen LogP contribution in [0.25, 0.3) is 0 Å². The van der Waals surface area contributed by atoms with E-state index in [4.69, 9.17) is 21.2 Å². The number of hydrogen-bond acceptors (Lipinski definition) is 5. The lowest BCUT2D eigenvalue weighted by Gasteiger charge is -2.06. The maximum absolute atomic E-state index is 8.36. The number of nitrogens with two attached hydrogens (primary N) is 1. The van der Waals surface area contributed by atoms with Crippen LogP contribution in [0.4, 0.5) is 0 Å². The summed E-state index contributed by atoms with van der Waals surface area (Å²) < 4.78 is 0. The highest BCUT2D eigenvalue weighted by Crippen LogP contribution is 1.66. The van der Waals surface area contributed by atoms with Gasteiger partial charge in [-0.15, -0.1) is 10.1 Å². The minimum atomic E-state index is -1.50. The van der Waals surface area contributed by atoms with Gasteiger partial charge in [-0.2, -0.15) is 0 Å². The second-order valence-electron chi connectivity index (χ2n) is 2.00. The van der Waals surface area contributed by atoms with Crippen LogP contribution >= 0.6 is 0 Å². The Kier molecular flexibility index (Phi) is 10.5. The van der Waals surface area contributed by atoms with Crippen LogP contribution in [0, 0.1) is 10.1 Å². The molecule has 0 radical (unpaired) electrons. The Morgan fingerprint density at radius 2 is 2.09 bits per heavy atom. The summed E-state index contributed by atoms with van der Waals surface area (Å²) >= 11 is 0. The van der Waals surface area contributed by atoms with Crippen molar-refractivity contribution in [3.8, 4) is 0 Å². The summed E-state index contributed by atoms with van der Waals surface area (Å²) in [5.41, 5.74) is 2.56. The standard InChI is InChI=1S/C4H13N3.HNO3/c1-7(2)4-3-6-5;2-1(3)4/h6H,3-5H2,1-2H3;(H,2,3,4). The molecular weight excluding hydrogens is 152 g/mol. The molecule has 0 amide bonds. The first-order valence-corrected chi connectivity index (χ1v) is 2.92. The average molecular weight is 166 g/mol. The Bertz CT molecular complexity index is 93.3. The zero-order chi connectivity index (χ0) is 9.28. The fourth-order valence-electron chi connectivity index (χ4n) is 0.288. The van der Waals surface area contributed by atoms with Gasteiger partial charge in [0.15, 0.2) is 0 Å². The molecule has 0 unspecified atom stereocenters. The first-order valence-electron chi connectivity index (χ1n) is 2.92. The average Bonchev–Trinajstić information content (AvgIpc) is 1.82. The Balaban J connectivity index is 0. The van der Waals surface area contributed by atoms with E-state index in [1.165, 1.54) is 0 Å². The van der Waals surface area contributed by atoms with E-state index in [1.807, 2.05) is 14.1 Å². The van der Waals surface area contributed by atoms with E-state index in [0.29, 0.717) is 0 Å². The van der Waals surface area contributed by atoms with E-state index < -0.39 is 5.09 Å². The number of rotatable bonds is 3. The molecule has 7 nitrogen and oxygen atoms in total. The largest absolute Gasteiger partial charge is 0.328 e. The fraction of sp³-hybridized carbons (Fsp3) is 1.00. The van der Waals surface area contributed by atoms with Crippen molar-refractivity contribution in [2.24, 2.45) is 5.84 Å². The third-order valence-corrected chi connectivity index (χ3v) is 0.703. The van der Waals surface area contributed by atoms with Gasteiger partial charge in [0.2, 0.25) is 0 Å². The smallest absolute Gasteiger partial charge is 0.291 e. The summed E-state index contributed by atoms with van der Waals surface area (Å²) in [6, 6.07) is 0. The quantitative estimate of drug-likeness (QED) is 0.272. The van der Waals surface area contributed by atoms with Crippen LogP contribution in [-0.4, -0.2) is 42.4 Å². The molecule has 0 spiro atoms. The third-order valence-electron chi connectivity index (χ3n) is 0.703. The van der Waals surface area contributed by atoms with Crippen molar-refractivity contribution < 1.29 is 10.3 Å². The van der Waals surface area contributed by atoms with Crippen LogP contribution in [0.5, 0.6) is 0 Å². The lowest BCUT2D eigenvalue weighted by molar-refractivity contribution is -0.742. The van der Waals surface area contributed by atoms with Gasteiger partial charge in [-0.05, 0) is 14.1 Å². The number of nitrogens with one attached hydrogen (secondary N) is 1. The molecule has 0 atom stereocenters. The third kappa shape index (κ3) is 48.0. The highest BCUT2D eigenvalue weighted by Gasteiger charge is 1.83. The molecule has 0 heterocycles. The molecule has 4 N–H and O–H groups in total. The summed E-state index contributed by atoms with van der Waals surface area (Å²) in [4.78, 5) is 10.4. The molecule has 0 saturated heterocycles. The van der Waals surface area contributed by atoms with Crippen molar-refractivity contribution >= 4 is 0 Å². The van der Waals surface area contributed by atoms with Gasteiger partial charge in [0.25, 0.3) is 5.09 Å². The van der Waals surface area contributed by atoms with Gasteiger partial charge in [-0.25, -0.2) is 0 Å². The zero-order valence-electron chi connectivity index (χ0n) is 6.65. The molecule has 0 aliphatic rings. The molecule has 0 aromatic rings. The lowest BCUT2D eigenvalue weighted by atomic mass is 10.6. The molecule has 7 heteroatoms. The van der Waals surface area contributed by atoms with Crippen LogP contribution < -0.4 is 11.3 Å². The van der Waals surface area contributed by atoms with Crippen molar-refractivity contribution in [3.05, 3.63) is 10.1 Å². The van der Waals surface area contributed by atoms with Crippen LogP contribution in [0.2, 0.25) is 0 Å². The van der Waals surface area contributed by atoms with Gasteiger partial charge >= 0.3 is 0 Å². The van der Waals surface area contributed by atoms with Gasteiger partial charge in [0, 0.05) is 13.1 Å². The normalized spacial score (nSPS) is 8.73. The van der Waals surface area contributed by atoms with Crippen LogP contribution in [-0.2, 0) is 0 Å². The van der Waals surface area contributed by atoms with E-state index in [2.05, 4.69) is 10.3 Å². The van der Waals surface area contributed by atoms with E-state index in [1.54, 1.807) is 0 Å². The SMILES string of the molecule is CN(C)CCNN.O=[N+]([O-])O. The summed E-state index contributed by atoms with van der Waals surface area (Å²) in [6.07, 6.45) is 0. The Morgan fingerprint density at radius 3 is 2.18 bits per heavy atom. The van der Waals surface area contributed by atoms with Crippen molar-refractivity contribution in [1.82, 2.24) is 10.3 Å². The van der Waals surface area contributed by atoms with E-state index in [9.17, 15) is 0 Å². The maximum atomic E-state index is 8.36. The monoisotopic (exact) mass is 166 g/mol. The molecule has 0 rings (SSSR count). The predicted molar refractivity (Wildman–Crippen MR) is 39.5 cm³/mol. The number of nitrogens with zero attached hydrogens (tertiary/aromatic N) is 2. The Morgan fingerprint density at radius 1 is 1.73 bits per heavy atom. The van der Waals surface area contributed by atoms with Crippen LogP contribution in [0.3, 0.4) is 0 Å². The number of hydrazine groups is 1.